The SMILES string of the molecule is Cc1cccc(C(=O)c2cccc3ccncc23)c1. The lowest BCUT2D eigenvalue weighted by Crippen LogP contribution is -2.02. The quantitative estimate of drug-likeness (QED) is 0.645. The van der Waals surface area contributed by atoms with Crippen LogP contribution >= 0.6 is 0 Å². The van der Waals surface area contributed by atoms with Crippen LogP contribution in [0.4, 0.5) is 0 Å². The maximum atomic E-state index is 12.6. The van der Waals surface area contributed by atoms with E-state index in [1.54, 1.807) is 12.4 Å². The number of carbonyl (C=O) groups is 1. The fourth-order valence-electron chi connectivity index (χ4n) is 2.25. The zero-order chi connectivity index (χ0) is 13.2. The highest BCUT2D eigenvalue weighted by Gasteiger charge is 2.12. The summed E-state index contributed by atoms with van der Waals surface area (Å²) < 4.78 is 0. The van der Waals surface area contributed by atoms with E-state index in [1.807, 2.05) is 55.5 Å². The Labute approximate surface area is 111 Å². The van der Waals surface area contributed by atoms with Gasteiger partial charge in [-0.25, -0.2) is 0 Å². The Morgan fingerprint density at radius 3 is 2.74 bits per heavy atom. The number of ketones is 1. The summed E-state index contributed by atoms with van der Waals surface area (Å²) in [6.07, 6.45) is 3.49. The molecule has 0 aliphatic rings. The van der Waals surface area contributed by atoms with Crippen LogP contribution in [0, 0.1) is 6.92 Å². The Bertz CT molecular complexity index is 757. The number of benzene rings is 2. The highest BCUT2D eigenvalue weighted by Crippen LogP contribution is 2.20. The maximum absolute atomic E-state index is 12.6. The Balaban J connectivity index is 2.17. The van der Waals surface area contributed by atoms with E-state index in [2.05, 4.69) is 4.98 Å². The Morgan fingerprint density at radius 2 is 1.89 bits per heavy atom. The smallest absolute Gasteiger partial charge is 0.193 e. The van der Waals surface area contributed by atoms with E-state index < -0.39 is 0 Å². The lowest BCUT2D eigenvalue weighted by Gasteiger charge is -2.06. The molecule has 1 heterocycles. The number of pyridine rings is 1. The zero-order valence-electron chi connectivity index (χ0n) is 10.6. The first kappa shape index (κ1) is 11.6. The summed E-state index contributed by atoms with van der Waals surface area (Å²) >= 11 is 0. The van der Waals surface area contributed by atoms with Gasteiger partial charge in [0.25, 0.3) is 0 Å². The van der Waals surface area contributed by atoms with Crippen LogP contribution in [0.5, 0.6) is 0 Å². The van der Waals surface area contributed by atoms with Gasteiger partial charge in [0, 0.05) is 28.9 Å². The van der Waals surface area contributed by atoms with Crippen molar-refractivity contribution in [2.24, 2.45) is 0 Å². The molecule has 3 aromatic rings. The van der Waals surface area contributed by atoms with Gasteiger partial charge in [-0.15, -0.1) is 0 Å². The summed E-state index contributed by atoms with van der Waals surface area (Å²) in [4.78, 5) is 16.7. The molecule has 19 heavy (non-hydrogen) atoms. The number of aryl methyl sites for hydroxylation is 1. The number of hydrogen-bond acceptors (Lipinski definition) is 2. The molecule has 0 spiro atoms. The summed E-state index contributed by atoms with van der Waals surface area (Å²) in [5.41, 5.74) is 2.51. The van der Waals surface area contributed by atoms with Crippen molar-refractivity contribution in [2.45, 2.75) is 6.92 Å². The van der Waals surface area contributed by atoms with Crippen molar-refractivity contribution < 1.29 is 4.79 Å². The van der Waals surface area contributed by atoms with Gasteiger partial charge in [0.2, 0.25) is 0 Å². The molecule has 0 aliphatic heterocycles. The second-order valence-electron chi connectivity index (χ2n) is 4.60. The molecule has 0 N–H and O–H groups in total. The number of fused-ring (bicyclic) bond motifs is 1. The summed E-state index contributed by atoms with van der Waals surface area (Å²) in [5.74, 6) is 0.0438. The molecule has 0 radical (unpaired) electrons. The summed E-state index contributed by atoms with van der Waals surface area (Å²) in [6, 6.07) is 15.3. The number of carbonyl (C=O) groups excluding carboxylic acids is 1. The molecule has 92 valence electrons. The third-order valence-electron chi connectivity index (χ3n) is 3.21. The van der Waals surface area contributed by atoms with E-state index in [0.29, 0.717) is 5.56 Å². The number of rotatable bonds is 2. The monoisotopic (exact) mass is 247 g/mol. The molecule has 1 aromatic heterocycles. The molecular weight excluding hydrogens is 234 g/mol. The topological polar surface area (TPSA) is 30.0 Å². The standard InChI is InChI=1S/C17H13NO/c1-12-4-2-6-14(10-12)17(19)15-7-3-5-13-8-9-18-11-16(13)15/h2-11H,1H3. The van der Waals surface area contributed by atoms with Crippen LogP contribution in [0.15, 0.2) is 60.9 Å². The molecule has 0 saturated carbocycles. The fraction of sp³-hybridized carbons (Fsp3) is 0.0588. The van der Waals surface area contributed by atoms with Crippen LogP contribution in [0.2, 0.25) is 0 Å². The number of hydrogen-bond donors (Lipinski definition) is 0. The van der Waals surface area contributed by atoms with Gasteiger partial charge < -0.3 is 0 Å². The van der Waals surface area contributed by atoms with Crippen molar-refractivity contribution in [1.82, 2.24) is 4.98 Å². The van der Waals surface area contributed by atoms with Gasteiger partial charge in [-0.05, 0) is 24.4 Å². The van der Waals surface area contributed by atoms with Gasteiger partial charge in [0.1, 0.15) is 0 Å². The first-order valence-electron chi connectivity index (χ1n) is 6.20. The molecule has 0 bridgehead atoms. The van der Waals surface area contributed by atoms with Crippen LogP contribution < -0.4 is 0 Å². The van der Waals surface area contributed by atoms with Crippen molar-refractivity contribution in [1.29, 1.82) is 0 Å². The minimum absolute atomic E-state index is 0.0438. The molecule has 2 heteroatoms. The van der Waals surface area contributed by atoms with Gasteiger partial charge in [0.15, 0.2) is 5.78 Å². The Kier molecular flexibility index (Phi) is 2.84. The molecule has 2 nitrogen and oxygen atoms in total. The van der Waals surface area contributed by atoms with Crippen molar-refractivity contribution in [2.75, 3.05) is 0 Å². The molecule has 0 amide bonds. The van der Waals surface area contributed by atoms with E-state index in [1.165, 1.54) is 0 Å². The highest BCUT2D eigenvalue weighted by atomic mass is 16.1. The minimum Gasteiger partial charge on any atom is -0.289 e. The maximum Gasteiger partial charge on any atom is 0.193 e. The zero-order valence-corrected chi connectivity index (χ0v) is 10.6. The van der Waals surface area contributed by atoms with E-state index in [0.717, 1.165) is 21.9 Å². The van der Waals surface area contributed by atoms with Gasteiger partial charge >= 0.3 is 0 Å². The largest absolute Gasteiger partial charge is 0.289 e. The molecule has 0 atom stereocenters. The Morgan fingerprint density at radius 1 is 1.05 bits per heavy atom. The third-order valence-corrected chi connectivity index (χ3v) is 3.21. The second kappa shape index (κ2) is 4.65. The molecule has 0 saturated heterocycles. The van der Waals surface area contributed by atoms with E-state index in [-0.39, 0.29) is 5.78 Å². The summed E-state index contributed by atoms with van der Waals surface area (Å²) in [5, 5.41) is 1.94. The molecule has 0 aliphatic carbocycles. The number of aromatic nitrogens is 1. The second-order valence-corrected chi connectivity index (χ2v) is 4.60. The highest BCUT2D eigenvalue weighted by molar-refractivity contribution is 6.16. The lowest BCUT2D eigenvalue weighted by atomic mass is 9.97. The van der Waals surface area contributed by atoms with Crippen LogP contribution in [-0.4, -0.2) is 10.8 Å². The van der Waals surface area contributed by atoms with Crippen molar-refractivity contribution >= 4 is 16.6 Å². The summed E-state index contributed by atoms with van der Waals surface area (Å²) in [7, 11) is 0. The normalized spacial score (nSPS) is 10.6. The van der Waals surface area contributed by atoms with Crippen LogP contribution in [0.3, 0.4) is 0 Å². The van der Waals surface area contributed by atoms with Crippen molar-refractivity contribution in [3.05, 3.63) is 77.6 Å². The van der Waals surface area contributed by atoms with Crippen LogP contribution in [0.25, 0.3) is 10.8 Å². The average Bonchev–Trinajstić information content (AvgIpc) is 2.46. The van der Waals surface area contributed by atoms with Crippen LogP contribution in [0.1, 0.15) is 21.5 Å². The molecular formula is C17H13NO. The van der Waals surface area contributed by atoms with Gasteiger partial charge in [-0.3, -0.25) is 9.78 Å². The molecule has 0 unspecified atom stereocenters. The Hall–Kier alpha value is -2.48. The number of nitrogens with zero attached hydrogens (tertiary/aromatic N) is 1. The predicted molar refractivity (Wildman–Crippen MR) is 76.4 cm³/mol. The van der Waals surface area contributed by atoms with Gasteiger partial charge in [-0.2, -0.15) is 0 Å². The van der Waals surface area contributed by atoms with Crippen molar-refractivity contribution in [3.63, 3.8) is 0 Å². The first-order chi connectivity index (χ1) is 9.25. The first-order valence-corrected chi connectivity index (χ1v) is 6.20. The summed E-state index contributed by atoms with van der Waals surface area (Å²) in [6.45, 7) is 1.99. The molecule has 3 rings (SSSR count). The predicted octanol–water partition coefficient (Wildman–Crippen LogP) is 3.77. The van der Waals surface area contributed by atoms with E-state index in [9.17, 15) is 4.79 Å². The van der Waals surface area contributed by atoms with Gasteiger partial charge in [-0.1, -0.05) is 42.0 Å². The lowest BCUT2D eigenvalue weighted by molar-refractivity contribution is 0.104. The third kappa shape index (κ3) is 2.13. The average molecular weight is 247 g/mol. The van der Waals surface area contributed by atoms with Gasteiger partial charge in [0.05, 0.1) is 0 Å². The van der Waals surface area contributed by atoms with E-state index in [4.69, 9.17) is 0 Å². The molecule has 2 aromatic carbocycles. The fourth-order valence-corrected chi connectivity index (χ4v) is 2.25. The van der Waals surface area contributed by atoms with E-state index >= 15 is 0 Å². The molecule has 0 fully saturated rings. The van der Waals surface area contributed by atoms with Crippen LogP contribution in [-0.2, 0) is 0 Å². The van der Waals surface area contributed by atoms with Crippen molar-refractivity contribution in [3.8, 4) is 0 Å². The minimum atomic E-state index is 0.0438.